The number of para-hydroxylation sites is 1. The Morgan fingerprint density at radius 2 is 1.59 bits per heavy atom. The molecule has 0 unspecified atom stereocenters. The number of nitrogen functional groups attached to an aromatic ring is 1. The first-order valence-electron chi connectivity index (χ1n) is 8.81. The summed E-state index contributed by atoms with van der Waals surface area (Å²) in [6.45, 7) is 0.652. The van der Waals surface area contributed by atoms with Crippen LogP contribution in [0.3, 0.4) is 0 Å². The summed E-state index contributed by atoms with van der Waals surface area (Å²) >= 11 is 17.5. The molecule has 1 aliphatic rings. The van der Waals surface area contributed by atoms with Crippen molar-refractivity contribution in [1.29, 1.82) is 0 Å². The van der Waals surface area contributed by atoms with Gasteiger partial charge in [-0.15, -0.1) is 0 Å². The Labute approximate surface area is 182 Å². The van der Waals surface area contributed by atoms with Crippen LogP contribution in [-0.4, -0.2) is 20.1 Å². The molecule has 2 aromatic carbocycles. The normalized spacial score (nSPS) is 13.4. The molecule has 0 aliphatic carbocycles. The van der Waals surface area contributed by atoms with Crippen molar-refractivity contribution in [1.82, 2.24) is 4.57 Å². The number of aromatic nitrogens is 1. The smallest absolute Gasteiger partial charge is 0.258 e. The molecule has 0 saturated carbocycles. The summed E-state index contributed by atoms with van der Waals surface area (Å²) in [4.78, 5) is 27.5. The molecule has 0 atom stereocenters. The summed E-state index contributed by atoms with van der Waals surface area (Å²) in [6, 6.07) is 17.7. The Hall–Kier alpha value is -2.47. The number of rotatable bonds is 2. The average molecular weight is 449 g/mol. The number of fused-ring (bicyclic) bond motifs is 2. The number of halogens is 3. The number of nitrogens with two attached hydrogens (primary N) is 1. The van der Waals surface area contributed by atoms with E-state index < -0.39 is 9.58 Å². The van der Waals surface area contributed by atoms with E-state index in [9.17, 15) is 9.59 Å². The van der Waals surface area contributed by atoms with Gasteiger partial charge in [0.25, 0.3) is 9.70 Å². The number of nitrogens with zero attached hydrogens (tertiary/aromatic N) is 2. The highest BCUT2D eigenvalue weighted by Crippen LogP contribution is 2.34. The molecule has 8 heteroatoms. The quantitative estimate of drug-likeness (QED) is 0.347. The van der Waals surface area contributed by atoms with Gasteiger partial charge in [0.05, 0.1) is 18.8 Å². The van der Waals surface area contributed by atoms with E-state index in [-0.39, 0.29) is 18.1 Å². The number of ketones is 1. The first kappa shape index (κ1) is 19.8. The van der Waals surface area contributed by atoms with E-state index >= 15 is 0 Å². The molecule has 2 N–H and O–H groups in total. The van der Waals surface area contributed by atoms with Crippen LogP contribution in [0, 0.1) is 0 Å². The minimum absolute atomic E-state index is 0.165. The van der Waals surface area contributed by atoms with Crippen molar-refractivity contribution >= 4 is 57.9 Å². The van der Waals surface area contributed by atoms with Crippen LogP contribution in [0.2, 0.25) is 0 Å². The Morgan fingerprint density at radius 1 is 0.897 bits per heavy atom. The Balaban J connectivity index is 1.80. The van der Waals surface area contributed by atoms with E-state index in [2.05, 4.69) is 0 Å². The second kappa shape index (κ2) is 7.41. The number of carbonyl (C=O) groups excluding carboxylic acids is 2. The average Bonchev–Trinajstić information content (AvgIpc) is 2.99. The fraction of sp³-hybridized carbons (Fsp3) is 0.143. The lowest BCUT2D eigenvalue weighted by Gasteiger charge is -2.22. The molecule has 0 bridgehead atoms. The van der Waals surface area contributed by atoms with E-state index in [1.54, 1.807) is 45.9 Å². The number of benzene rings is 2. The van der Waals surface area contributed by atoms with E-state index in [4.69, 9.17) is 40.5 Å². The van der Waals surface area contributed by atoms with Gasteiger partial charge in [-0.05, 0) is 48.0 Å². The minimum atomic E-state index is -2.06. The van der Waals surface area contributed by atoms with Crippen molar-refractivity contribution in [3.63, 3.8) is 0 Å². The highest BCUT2D eigenvalue weighted by atomic mass is 35.6. The van der Waals surface area contributed by atoms with Gasteiger partial charge in [-0.1, -0.05) is 53.0 Å². The Morgan fingerprint density at radius 3 is 2.28 bits per heavy atom. The summed E-state index contributed by atoms with van der Waals surface area (Å²) in [7, 11) is 0. The summed E-state index contributed by atoms with van der Waals surface area (Å²) in [5.41, 5.74) is 9.55. The first-order valence-corrected chi connectivity index (χ1v) is 9.94. The van der Waals surface area contributed by atoms with Crippen molar-refractivity contribution in [3.8, 4) is 0 Å². The molecule has 0 saturated heterocycles. The lowest BCUT2D eigenvalue weighted by atomic mass is 10.1. The molecule has 0 fully saturated rings. The number of carbonyl (C=O) groups is 2. The third-order valence-electron chi connectivity index (χ3n) is 4.89. The van der Waals surface area contributed by atoms with Gasteiger partial charge in [0.1, 0.15) is 0 Å². The number of amides is 1. The Bertz CT molecular complexity index is 1100. The molecule has 2 heterocycles. The topological polar surface area (TPSA) is 68.3 Å². The molecular weight excluding hydrogens is 433 g/mol. The lowest BCUT2D eigenvalue weighted by molar-refractivity contribution is 0.0981. The van der Waals surface area contributed by atoms with Gasteiger partial charge in [0.2, 0.25) is 5.78 Å². The summed E-state index contributed by atoms with van der Waals surface area (Å²) < 4.78 is -0.264. The molecule has 4 rings (SSSR count). The molecule has 0 radical (unpaired) electrons. The van der Waals surface area contributed by atoms with Crippen LogP contribution < -0.4 is 10.6 Å². The summed E-state index contributed by atoms with van der Waals surface area (Å²) in [5.74, 6) is -0.772. The van der Waals surface area contributed by atoms with Gasteiger partial charge < -0.3 is 15.2 Å². The second-order valence-electron chi connectivity index (χ2n) is 6.76. The molecule has 3 aromatic rings. The van der Waals surface area contributed by atoms with Crippen LogP contribution in [0.15, 0.2) is 60.7 Å². The van der Waals surface area contributed by atoms with Crippen molar-refractivity contribution < 1.29 is 9.59 Å². The van der Waals surface area contributed by atoms with E-state index in [1.165, 1.54) is 0 Å². The van der Waals surface area contributed by atoms with E-state index in [0.717, 1.165) is 16.9 Å². The summed E-state index contributed by atoms with van der Waals surface area (Å²) in [5, 5.41) is 0. The van der Waals surface area contributed by atoms with Crippen LogP contribution >= 0.6 is 34.8 Å². The first-order chi connectivity index (χ1) is 13.8. The van der Waals surface area contributed by atoms with Crippen molar-refractivity contribution in [2.45, 2.75) is 16.9 Å². The van der Waals surface area contributed by atoms with Crippen LogP contribution in [0.5, 0.6) is 0 Å². The highest BCUT2D eigenvalue weighted by molar-refractivity contribution is 6.77. The number of alkyl halides is 3. The predicted octanol–water partition coefficient (Wildman–Crippen LogP) is 4.83. The number of hydrogen-bond donors (Lipinski definition) is 1. The third-order valence-corrected chi connectivity index (χ3v) is 5.41. The zero-order valence-corrected chi connectivity index (χ0v) is 17.4. The van der Waals surface area contributed by atoms with Crippen LogP contribution in [0.4, 0.5) is 11.4 Å². The fourth-order valence-electron chi connectivity index (χ4n) is 3.47. The zero-order valence-electron chi connectivity index (χ0n) is 15.1. The van der Waals surface area contributed by atoms with Gasteiger partial charge in [-0.3, -0.25) is 9.59 Å². The van der Waals surface area contributed by atoms with Crippen LogP contribution in [-0.2, 0) is 13.1 Å². The highest BCUT2D eigenvalue weighted by Gasteiger charge is 2.35. The maximum absolute atomic E-state index is 13.3. The second-order valence-corrected chi connectivity index (χ2v) is 9.05. The SMILES string of the molecule is Nc1ccc(C(=O)N2Cc3ccc(C(=O)C(Cl)(Cl)Cl)n3Cc3ccccc32)cc1. The molecule has 0 spiro atoms. The number of anilines is 2. The van der Waals surface area contributed by atoms with Crippen molar-refractivity contribution in [2.24, 2.45) is 0 Å². The summed E-state index contributed by atoms with van der Waals surface area (Å²) in [6.07, 6.45) is 0. The van der Waals surface area contributed by atoms with Gasteiger partial charge in [-0.2, -0.15) is 0 Å². The molecule has 1 aromatic heterocycles. The molecule has 5 nitrogen and oxygen atoms in total. The van der Waals surface area contributed by atoms with E-state index in [1.807, 2.05) is 24.3 Å². The maximum Gasteiger partial charge on any atom is 0.258 e. The van der Waals surface area contributed by atoms with Crippen LogP contribution in [0.25, 0.3) is 0 Å². The van der Waals surface area contributed by atoms with Gasteiger partial charge >= 0.3 is 0 Å². The maximum atomic E-state index is 13.3. The van der Waals surface area contributed by atoms with Crippen LogP contribution in [0.1, 0.15) is 32.1 Å². The molecule has 29 heavy (non-hydrogen) atoms. The van der Waals surface area contributed by atoms with Crippen molar-refractivity contribution in [3.05, 3.63) is 83.2 Å². The van der Waals surface area contributed by atoms with Crippen molar-refractivity contribution in [2.75, 3.05) is 10.6 Å². The van der Waals surface area contributed by atoms with Gasteiger partial charge in [0, 0.05) is 22.6 Å². The molecule has 1 aliphatic heterocycles. The number of hydrogen-bond acceptors (Lipinski definition) is 3. The lowest BCUT2D eigenvalue weighted by Crippen LogP contribution is -2.30. The molecular formula is C21H16Cl3N3O2. The fourth-order valence-corrected chi connectivity index (χ4v) is 3.76. The number of Topliss-reactive ketones (excluding diaryl/α,β-unsaturated/α-hetero) is 1. The predicted molar refractivity (Wildman–Crippen MR) is 116 cm³/mol. The standard InChI is InChI=1S/C21H16Cl3N3O2/c22-21(23,24)19(28)18-10-9-16-12-27(20(29)13-5-7-15(25)8-6-13)17-4-2-1-3-14(17)11-26(16)18/h1-10H,11-12,25H2. The van der Waals surface area contributed by atoms with Gasteiger partial charge in [-0.25, -0.2) is 0 Å². The zero-order chi connectivity index (χ0) is 20.8. The largest absolute Gasteiger partial charge is 0.399 e. The van der Waals surface area contributed by atoms with E-state index in [0.29, 0.717) is 17.8 Å². The van der Waals surface area contributed by atoms with Gasteiger partial charge in [0.15, 0.2) is 0 Å². The third kappa shape index (κ3) is 3.73. The minimum Gasteiger partial charge on any atom is -0.399 e. The Kier molecular flexibility index (Phi) is 5.07. The molecule has 148 valence electrons. The monoisotopic (exact) mass is 447 g/mol. The molecule has 1 amide bonds.